The van der Waals surface area contributed by atoms with Crippen molar-refractivity contribution in [1.29, 1.82) is 0 Å². The Bertz CT molecular complexity index is 1020. The number of carbonyl (C=O) groups is 3. The molecular weight excluding hydrogens is 583 g/mol. The van der Waals surface area contributed by atoms with Crippen molar-refractivity contribution in [2.24, 2.45) is 0 Å². The van der Waals surface area contributed by atoms with Crippen LogP contribution < -0.4 is 0 Å². The van der Waals surface area contributed by atoms with E-state index in [9.17, 15) is 18.9 Å². The molecule has 0 amide bonds. The van der Waals surface area contributed by atoms with Gasteiger partial charge in [0.05, 0.1) is 19.8 Å². The van der Waals surface area contributed by atoms with Crippen molar-refractivity contribution in [3.63, 3.8) is 0 Å². The molecule has 1 unspecified atom stereocenters. The Balaban J connectivity index is 2.17. The predicted octanol–water partition coefficient (Wildman–Crippen LogP) is 5.12. The van der Waals surface area contributed by atoms with Gasteiger partial charge < -0.3 is 14.2 Å². The molecule has 12 heteroatoms. The Morgan fingerprint density at radius 3 is 1.58 bits per heavy atom. The number of rotatable bonds is 16. The lowest BCUT2D eigenvalue weighted by atomic mass is 10.1. The van der Waals surface area contributed by atoms with Gasteiger partial charge in [-0.15, -0.1) is 0 Å². The minimum Gasteiger partial charge on any atom is -0.458 e. The number of hydrogen-bond acceptors (Lipinski definition) is 10. The van der Waals surface area contributed by atoms with Gasteiger partial charge in [0.15, 0.2) is 12.2 Å². The van der Waals surface area contributed by atoms with E-state index in [1.807, 2.05) is 36.4 Å². The van der Waals surface area contributed by atoms with Crippen molar-refractivity contribution < 1.29 is 46.7 Å². The van der Waals surface area contributed by atoms with E-state index in [1.54, 1.807) is 24.3 Å². The Labute approximate surface area is 230 Å². The predicted molar refractivity (Wildman–Crippen MR) is 141 cm³/mol. The molecule has 2 aromatic carbocycles. The van der Waals surface area contributed by atoms with Gasteiger partial charge in [0.2, 0.25) is 0 Å². The fraction of sp³-hybridized carbons (Fsp3) is 0.423. The van der Waals surface area contributed by atoms with Crippen molar-refractivity contribution in [3.8, 4) is 0 Å². The van der Waals surface area contributed by atoms with Crippen LogP contribution in [-0.4, -0.2) is 48.2 Å². The molecule has 0 fully saturated rings. The summed E-state index contributed by atoms with van der Waals surface area (Å²) in [4.78, 5) is 35.2. The average Bonchev–Trinajstić information content (AvgIpc) is 2.88. The van der Waals surface area contributed by atoms with E-state index < -0.39 is 44.0 Å². The second-order valence-electron chi connectivity index (χ2n) is 8.11. The Kier molecular flexibility index (Phi) is 13.7. The van der Waals surface area contributed by atoms with E-state index in [1.165, 1.54) is 20.8 Å². The molecule has 0 radical (unpaired) electrons. The minimum atomic E-state index is -4.09. The summed E-state index contributed by atoms with van der Waals surface area (Å²) in [6.07, 6.45) is -3.28. The summed E-state index contributed by atoms with van der Waals surface area (Å²) < 4.78 is 46.3. The molecule has 2 aromatic rings. The largest absolute Gasteiger partial charge is 0.475 e. The van der Waals surface area contributed by atoms with Gasteiger partial charge in [-0.05, 0) is 11.1 Å². The van der Waals surface area contributed by atoms with Crippen LogP contribution in [0.15, 0.2) is 60.7 Å². The van der Waals surface area contributed by atoms with Crippen LogP contribution in [0.25, 0.3) is 0 Å². The summed E-state index contributed by atoms with van der Waals surface area (Å²) in [7, 11) is -4.09. The zero-order valence-corrected chi connectivity index (χ0v) is 23.9. The van der Waals surface area contributed by atoms with E-state index in [0.717, 1.165) is 11.1 Å². The maximum absolute atomic E-state index is 13.5. The fourth-order valence-electron chi connectivity index (χ4n) is 3.33. The van der Waals surface area contributed by atoms with Gasteiger partial charge >= 0.3 is 25.7 Å². The quantitative estimate of drug-likeness (QED) is 0.109. The molecule has 0 aliphatic carbocycles. The number of hydrogen-bond donors (Lipinski definition) is 0. The van der Waals surface area contributed by atoms with Gasteiger partial charge in [0, 0.05) is 32.5 Å². The smallest absolute Gasteiger partial charge is 0.458 e. The molecule has 3 atom stereocenters. The summed E-state index contributed by atoms with van der Waals surface area (Å²) in [6.45, 7) is 3.24. The molecule has 0 aromatic heterocycles. The third-order valence-corrected chi connectivity index (χ3v) is 6.97. The van der Waals surface area contributed by atoms with E-state index in [-0.39, 0.29) is 31.6 Å². The highest BCUT2D eigenvalue weighted by Gasteiger charge is 2.37. The second-order valence-corrected chi connectivity index (χ2v) is 10.4. The number of carbonyl (C=O) groups excluding carboxylic acids is 3. The monoisotopic (exact) mass is 614 g/mol. The van der Waals surface area contributed by atoms with Crippen molar-refractivity contribution in [2.45, 2.75) is 58.7 Å². The fourth-order valence-corrected chi connectivity index (χ4v) is 5.00. The average molecular weight is 615 g/mol. The van der Waals surface area contributed by atoms with Crippen LogP contribution in [0.5, 0.6) is 0 Å². The maximum Gasteiger partial charge on any atom is 0.475 e. The molecule has 0 saturated heterocycles. The first-order chi connectivity index (χ1) is 18.1. The number of ether oxygens (including phenoxy) is 3. The number of phosphoric acid groups is 1. The lowest BCUT2D eigenvalue weighted by Crippen LogP contribution is -2.46. The number of esters is 3. The molecule has 0 aliphatic heterocycles. The van der Waals surface area contributed by atoms with Crippen molar-refractivity contribution in [3.05, 3.63) is 71.8 Å². The number of halogens is 1. The van der Waals surface area contributed by atoms with Crippen LogP contribution in [0.3, 0.4) is 0 Å². The molecule has 2 rings (SSSR count). The summed E-state index contributed by atoms with van der Waals surface area (Å²) in [5.74, 6) is -1.95. The molecule has 0 heterocycles. The molecule has 208 valence electrons. The molecule has 0 N–H and O–H groups in total. The normalized spacial score (nSPS) is 13.7. The van der Waals surface area contributed by atoms with E-state index >= 15 is 0 Å². The van der Waals surface area contributed by atoms with Crippen LogP contribution >= 0.6 is 23.8 Å². The third kappa shape index (κ3) is 11.9. The first-order valence-electron chi connectivity index (χ1n) is 11.8. The first-order valence-corrected chi connectivity index (χ1v) is 14.4. The zero-order valence-electron chi connectivity index (χ0n) is 21.4. The third-order valence-electron chi connectivity index (χ3n) is 4.94. The van der Waals surface area contributed by atoms with E-state index in [2.05, 4.69) is 15.9 Å². The summed E-state index contributed by atoms with van der Waals surface area (Å²) in [5.41, 5.74) is 1.52. The van der Waals surface area contributed by atoms with Crippen LogP contribution in [0.2, 0.25) is 0 Å². The van der Waals surface area contributed by atoms with Crippen molar-refractivity contribution in [1.82, 2.24) is 0 Å². The van der Waals surface area contributed by atoms with Crippen LogP contribution in [0, 0.1) is 0 Å². The van der Waals surface area contributed by atoms with Gasteiger partial charge in [-0.25, -0.2) is 4.57 Å². The SMILES string of the molecule is CC(=O)OC(CBr)[C@@H](OC(C)=O)[C@@H](CCOP(=O)(OCc1ccccc1)OCc1ccccc1)OC(C)=O. The number of phosphoric ester groups is 1. The topological polar surface area (TPSA) is 124 Å². The van der Waals surface area contributed by atoms with E-state index in [0.29, 0.717) is 0 Å². The highest BCUT2D eigenvalue weighted by atomic mass is 79.9. The maximum atomic E-state index is 13.5. The Morgan fingerprint density at radius 2 is 1.16 bits per heavy atom. The second kappa shape index (κ2) is 16.4. The Morgan fingerprint density at radius 1 is 0.711 bits per heavy atom. The highest BCUT2D eigenvalue weighted by Crippen LogP contribution is 2.51. The number of benzene rings is 2. The lowest BCUT2D eigenvalue weighted by molar-refractivity contribution is -0.181. The molecule has 0 saturated carbocycles. The van der Waals surface area contributed by atoms with Crippen molar-refractivity contribution >= 4 is 41.7 Å². The van der Waals surface area contributed by atoms with Gasteiger partial charge in [-0.1, -0.05) is 76.6 Å². The standard InChI is InChI=1S/C26H32BrO10P/c1-19(28)35-24(26(37-21(3)30)25(16-27)36-20(2)29)14-15-32-38(31,33-17-22-10-6-4-7-11-22)34-18-23-12-8-5-9-13-23/h4-13,24-26H,14-18H2,1-3H3/t24-,25?,26+/m1/s1. The van der Waals surface area contributed by atoms with Crippen LogP contribution in [-0.2, 0) is 59.9 Å². The van der Waals surface area contributed by atoms with Gasteiger partial charge in [-0.3, -0.25) is 28.0 Å². The molecule has 0 bridgehead atoms. The van der Waals surface area contributed by atoms with Crippen molar-refractivity contribution in [2.75, 3.05) is 11.9 Å². The summed E-state index contributed by atoms with van der Waals surface area (Å²) in [6, 6.07) is 18.2. The minimum absolute atomic E-state index is 0.0333. The Hall–Kier alpha value is -2.56. The lowest BCUT2D eigenvalue weighted by Gasteiger charge is -2.31. The first kappa shape index (κ1) is 31.7. The van der Waals surface area contributed by atoms with Gasteiger partial charge in [0.1, 0.15) is 6.10 Å². The molecule has 10 nitrogen and oxygen atoms in total. The summed E-state index contributed by atoms with van der Waals surface area (Å²) in [5, 5.41) is 0.0992. The molecule has 0 aliphatic rings. The highest BCUT2D eigenvalue weighted by molar-refractivity contribution is 9.09. The van der Waals surface area contributed by atoms with Gasteiger partial charge in [0.25, 0.3) is 0 Å². The number of alkyl halides is 1. The summed E-state index contributed by atoms with van der Waals surface area (Å²) >= 11 is 3.23. The van der Waals surface area contributed by atoms with E-state index in [4.69, 9.17) is 27.8 Å². The molecule has 38 heavy (non-hydrogen) atoms. The van der Waals surface area contributed by atoms with Crippen LogP contribution in [0.1, 0.15) is 38.3 Å². The molecular formula is C26H32BrO10P. The van der Waals surface area contributed by atoms with Crippen LogP contribution in [0.4, 0.5) is 0 Å². The molecule has 0 spiro atoms. The zero-order chi connectivity index (χ0) is 28.0. The van der Waals surface area contributed by atoms with Gasteiger partial charge in [-0.2, -0.15) is 0 Å².